The molecule has 1 unspecified atom stereocenters. The first kappa shape index (κ1) is 13.2. The van der Waals surface area contributed by atoms with Crippen molar-refractivity contribution in [3.63, 3.8) is 0 Å². The van der Waals surface area contributed by atoms with Crippen LogP contribution in [0.4, 0.5) is 0 Å². The first-order chi connectivity index (χ1) is 8.63. The van der Waals surface area contributed by atoms with Gasteiger partial charge in [0.2, 0.25) is 0 Å². The van der Waals surface area contributed by atoms with E-state index < -0.39 is 0 Å². The zero-order valence-electron chi connectivity index (χ0n) is 10.3. The SMILES string of the molecule is CC(N)Cc1ccnc(Cc2cccc(Br)c2)n1. The van der Waals surface area contributed by atoms with Gasteiger partial charge in [-0.25, -0.2) is 9.97 Å². The molecular weight excluding hydrogens is 290 g/mol. The summed E-state index contributed by atoms with van der Waals surface area (Å²) in [5, 5.41) is 0. The number of hydrogen-bond donors (Lipinski definition) is 1. The lowest BCUT2D eigenvalue weighted by atomic mass is 10.1. The van der Waals surface area contributed by atoms with Crippen LogP contribution in [0.5, 0.6) is 0 Å². The fourth-order valence-corrected chi connectivity index (χ4v) is 2.25. The lowest BCUT2D eigenvalue weighted by Crippen LogP contribution is -2.19. The van der Waals surface area contributed by atoms with Crippen molar-refractivity contribution < 1.29 is 0 Å². The Bertz CT molecular complexity index is 526. The Morgan fingerprint density at radius 3 is 2.89 bits per heavy atom. The molecule has 2 N–H and O–H groups in total. The highest BCUT2D eigenvalue weighted by molar-refractivity contribution is 9.10. The topological polar surface area (TPSA) is 51.8 Å². The van der Waals surface area contributed by atoms with Crippen LogP contribution >= 0.6 is 15.9 Å². The summed E-state index contributed by atoms with van der Waals surface area (Å²) in [6.07, 6.45) is 3.33. The van der Waals surface area contributed by atoms with Gasteiger partial charge in [-0.3, -0.25) is 0 Å². The lowest BCUT2D eigenvalue weighted by Gasteiger charge is -2.06. The minimum atomic E-state index is 0.124. The molecule has 1 aromatic carbocycles. The average molecular weight is 306 g/mol. The van der Waals surface area contributed by atoms with Crippen LogP contribution in [0.2, 0.25) is 0 Å². The molecule has 0 spiro atoms. The quantitative estimate of drug-likeness (QED) is 0.945. The van der Waals surface area contributed by atoms with E-state index in [9.17, 15) is 0 Å². The van der Waals surface area contributed by atoms with Gasteiger partial charge in [0.15, 0.2) is 0 Å². The summed E-state index contributed by atoms with van der Waals surface area (Å²) >= 11 is 3.47. The fraction of sp³-hybridized carbons (Fsp3) is 0.286. The molecule has 18 heavy (non-hydrogen) atoms. The summed E-state index contributed by atoms with van der Waals surface area (Å²) in [4.78, 5) is 8.84. The second kappa shape index (κ2) is 6.07. The van der Waals surface area contributed by atoms with E-state index in [1.165, 1.54) is 5.56 Å². The monoisotopic (exact) mass is 305 g/mol. The molecule has 4 heteroatoms. The molecule has 0 aliphatic carbocycles. The highest BCUT2D eigenvalue weighted by Crippen LogP contribution is 2.14. The summed E-state index contributed by atoms with van der Waals surface area (Å²) in [7, 11) is 0. The van der Waals surface area contributed by atoms with Gasteiger partial charge < -0.3 is 5.73 Å². The summed E-state index contributed by atoms with van der Waals surface area (Å²) in [5.74, 6) is 0.839. The molecule has 0 aliphatic rings. The third-order valence-electron chi connectivity index (χ3n) is 2.55. The zero-order valence-corrected chi connectivity index (χ0v) is 11.9. The average Bonchev–Trinajstić information content (AvgIpc) is 2.28. The predicted molar refractivity (Wildman–Crippen MR) is 76.3 cm³/mol. The first-order valence-electron chi connectivity index (χ1n) is 5.94. The number of nitrogens with two attached hydrogens (primary N) is 1. The minimum Gasteiger partial charge on any atom is -0.328 e. The molecule has 0 aliphatic heterocycles. The first-order valence-corrected chi connectivity index (χ1v) is 6.73. The van der Waals surface area contributed by atoms with Crippen molar-refractivity contribution in [2.45, 2.75) is 25.8 Å². The minimum absolute atomic E-state index is 0.124. The van der Waals surface area contributed by atoms with Crippen LogP contribution < -0.4 is 5.73 Å². The Kier molecular flexibility index (Phi) is 4.44. The van der Waals surface area contributed by atoms with Crippen LogP contribution in [-0.4, -0.2) is 16.0 Å². The molecule has 1 heterocycles. The standard InChI is InChI=1S/C14H16BrN3/c1-10(16)7-13-5-6-17-14(18-13)9-11-3-2-4-12(15)8-11/h2-6,8,10H,7,9,16H2,1H3. The summed E-state index contributed by atoms with van der Waals surface area (Å²) in [6, 6.07) is 10.2. The van der Waals surface area contributed by atoms with E-state index in [0.29, 0.717) is 0 Å². The van der Waals surface area contributed by atoms with E-state index in [1.54, 1.807) is 6.20 Å². The van der Waals surface area contributed by atoms with Crippen molar-refractivity contribution in [3.8, 4) is 0 Å². The van der Waals surface area contributed by atoms with Crippen LogP contribution in [-0.2, 0) is 12.8 Å². The van der Waals surface area contributed by atoms with Gasteiger partial charge in [0.1, 0.15) is 5.82 Å². The van der Waals surface area contributed by atoms with Crippen molar-refractivity contribution >= 4 is 15.9 Å². The summed E-state index contributed by atoms with van der Waals surface area (Å²) < 4.78 is 1.08. The third kappa shape index (κ3) is 3.89. The van der Waals surface area contributed by atoms with Gasteiger partial charge in [-0.05, 0) is 30.7 Å². The zero-order chi connectivity index (χ0) is 13.0. The van der Waals surface area contributed by atoms with Gasteiger partial charge in [-0.2, -0.15) is 0 Å². The van der Waals surface area contributed by atoms with Gasteiger partial charge in [0, 0.05) is 35.2 Å². The maximum absolute atomic E-state index is 5.78. The predicted octanol–water partition coefficient (Wildman–Crippen LogP) is 2.72. The number of rotatable bonds is 4. The normalized spacial score (nSPS) is 12.4. The van der Waals surface area contributed by atoms with Gasteiger partial charge in [-0.1, -0.05) is 28.1 Å². The molecule has 2 rings (SSSR count). The van der Waals surface area contributed by atoms with Gasteiger partial charge in [-0.15, -0.1) is 0 Å². The Hall–Kier alpha value is -1.26. The van der Waals surface area contributed by atoms with E-state index in [1.807, 2.05) is 25.1 Å². The van der Waals surface area contributed by atoms with Crippen molar-refractivity contribution in [2.75, 3.05) is 0 Å². The Morgan fingerprint density at radius 1 is 1.33 bits per heavy atom. The van der Waals surface area contributed by atoms with Crippen LogP contribution in [0.3, 0.4) is 0 Å². The van der Waals surface area contributed by atoms with Crippen LogP contribution in [0, 0.1) is 0 Å². The van der Waals surface area contributed by atoms with E-state index in [-0.39, 0.29) is 6.04 Å². The van der Waals surface area contributed by atoms with E-state index in [2.05, 4.69) is 38.0 Å². The molecule has 0 radical (unpaired) electrons. The van der Waals surface area contributed by atoms with Crippen LogP contribution in [0.15, 0.2) is 41.0 Å². The molecule has 0 saturated carbocycles. The largest absolute Gasteiger partial charge is 0.328 e. The van der Waals surface area contributed by atoms with Crippen molar-refractivity contribution in [2.24, 2.45) is 5.73 Å². The summed E-state index contributed by atoms with van der Waals surface area (Å²) in [6.45, 7) is 1.98. The molecule has 0 fully saturated rings. The van der Waals surface area contributed by atoms with Gasteiger partial charge in [0.05, 0.1) is 0 Å². The number of benzene rings is 1. The maximum Gasteiger partial charge on any atom is 0.132 e. The number of hydrogen-bond acceptors (Lipinski definition) is 3. The molecule has 1 aromatic heterocycles. The van der Waals surface area contributed by atoms with E-state index in [0.717, 1.165) is 28.8 Å². The van der Waals surface area contributed by atoms with Crippen molar-refractivity contribution in [3.05, 3.63) is 58.1 Å². The van der Waals surface area contributed by atoms with Crippen LogP contribution in [0.1, 0.15) is 24.0 Å². The fourth-order valence-electron chi connectivity index (χ4n) is 1.80. The third-order valence-corrected chi connectivity index (χ3v) is 3.04. The van der Waals surface area contributed by atoms with Crippen molar-refractivity contribution in [1.29, 1.82) is 0 Å². The van der Waals surface area contributed by atoms with Gasteiger partial charge >= 0.3 is 0 Å². The molecule has 1 atom stereocenters. The molecule has 0 bridgehead atoms. The van der Waals surface area contributed by atoms with E-state index in [4.69, 9.17) is 5.73 Å². The number of halogens is 1. The van der Waals surface area contributed by atoms with Gasteiger partial charge in [0.25, 0.3) is 0 Å². The molecule has 0 saturated heterocycles. The molecular formula is C14H16BrN3. The van der Waals surface area contributed by atoms with E-state index >= 15 is 0 Å². The Labute approximate surface area is 116 Å². The molecule has 3 nitrogen and oxygen atoms in total. The highest BCUT2D eigenvalue weighted by Gasteiger charge is 2.03. The van der Waals surface area contributed by atoms with Crippen LogP contribution in [0.25, 0.3) is 0 Å². The number of aromatic nitrogens is 2. The molecule has 0 amide bonds. The second-order valence-electron chi connectivity index (χ2n) is 4.45. The van der Waals surface area contributed by atoms with Crippen molar-refractivity contribution in [1.82, 2.24) is 9.97 Å². The molecule has 2 aromatic rings. The maximum atomic E-state index is 5.78. The highest BCUT2D eigenvalue weighted by atomic mass is 79.9. The molecule has 94 valence electrons. The smallest absolute Gasteiger partial charge is 0.132 e. The lowest BCUT2D eigenvalue weighted by molar-refractivity contribution is 0.713. The Morgan fingerprint density at radius 2 is 2.17 bits per heavy atom. The Balaban J connectivity index is 2.14. The summed E-state index contributed by atoms with van der Waals surface area (Å²) in [5.41, 5.74) is 7.98. The number of nitrogens with zero attached hydrogens (tertiary/aromatic N) is 2. The second-order valence-corrected chi connectivity index (χ2v) is 5.37.